The monoisotopic (exact) mass is 464 g/mol. The van der Waals surface area contributed by atoms with Crippen molar-refractivity contribution in [3.8, 4) is 11.5 Å². The molecule has 0 bridgehead atoms. The number of hydrogen-bond donors (Lipinski definition) is 1. The number of carbonyl (C=O) groups is 1. The molecular weight excluding hydrogens is 440 g/mol. The van der Waals surface area contributed by atoms with E-state index in [1.54, 1.807) is 11.3 Å². The second kappa shape index (κ2) is 9.29. The first kappa shape index (κ1) is 19.7. The third kappa shape index (κ3) is 4.88. The zero-order valence-corrected chi connectivity index (χ0v) is 18.2. The van der Waals surface area contributed by atoms with Gasteiger partial charge < -0.3 is 14.8 Å². The Morgan fingerprint density at radius 3 is 2.68 bits per heavy atom. The quantitative estimate of drug-likeness (QED) is 0.704. The van der Waals surface area contributed by atoms with Gasteiger partial charge in [0.2, 0.25) is 5.91 Å². The first-order valence-electron chi connectivity index (χ1n) is 9.79. The first-order valence-corrected chi connectivity index (χ1v) is 11.5. The smallest absolute Gasteiger partial charge is 0.223 e. The van der Waals surface area contributed by atoms with Gasteiger partial charge in [-0.05, 0) is 61.5 Å². The average Bonchev–Trinajstić information content (AvgIpc) is 3.22. The molecule has 4 rings (SSSR count). The number of piperidine rings is 1. The van der Waals surface area contributed by atoms with Crippen LogP contribution in [0, 0.1) is 5.92 Å². The van der Waals surface area contributed by atoms with Crippen LogP contribution < -0.4 is 14.8 Å². The minimum atomic E-state index is 0.128. The number of amides is 1. The molecular formula is C21H25BrN2O3S. The molecule has 2 aliphatic heterocycles. The fourth-order valence-corrected chi connectivity index (χ4v) is 4.89. The SMILES string of the molecule is O=C(NCCc1cccs1)C1CCN(Cc2cc3c(cc2Br)OCCO3)CC1. The molecule has 1 fully saturated rings. The molecule has 3 heterocycles. The second-order valence-electron chi connectivity index (χ2n) is 7.26. The number of rotatable bonds is 6. The van der Waals surface area contributed by atoms with E-state index in [0.29, 0.717) is 13.2 Å². The number of benzene rings is 1. The van der Waals surface area contributed by atoms with Gasteiger partial charge in [-0.25, -0.2) is 0 Å². The Hall–Kier alpha value is -1.57. The van der Waals surface area contributed by atoms with E-state index < -0.39 is 0 Å². The van der Waals surface area contributed by atoms with Crippen LogP contribution >= 0.6 is 27.3 Å². The third-order valence-corrected chi connectivity index (χ3v) is 6.99. The maximum Gasteiger partial charge on any atom is 0.223 e. The highest BCUT2D eigenvalue weighted by Gasteiger charge is 2.25. The molecule has 1 aromatic heterocycles. The number of thiophene rings is 1. The number of fused-ring (bicyclic) bond motifs is 1. The summed E-state index contributed by atoms with van der Waals surface area (Å²) in [5, 5.41) is 5.19. The van der Waals surface area contributed by atoms with E-state index >= 15 is 0 Å². The van der Waals surface area contributed by atoms with Crippen molar-refractivity contribution in [3.05, 3.63) is 44.6 Å². The van der Waals surface area contributed by atoms with Crippen molar-refractivity contribution in [2.24, 2.45) is 5.92 Å². The van der Waals surface area contributed by atoms with E-state index in [2.05, 4.69) is 49.7 Å². The standard InChI is InChI=1S/C21H25BrN2O3S/c22-18-13-20-19(26-9-10-27-20)12-16(18)14-24-7-4-15(5-8-24)21(25)23-6-3-17-2-1-11-28-17/h1-2,11-13,15H,3-10,14H2,(H,23,25). The normalized spacial score (nSPS) is 17.5. The minimum Gasteiger partial charge on any atom is -0.486 e. The molecule has 5 nitrogen and oxygen atoms in total. The van der Waals surface area contributed by atoms with E-state index in [1.807, 2.05) is 6.07 Å². The van der Waals surface area contributed by atoms with Crippen LogP contribution in [0.3, 0.4) is 0 Å². The van der Waals surface area contributed by atoms with E-state index in [-0.39, 0.29) is 11.8 Å². The van der Waals surface area contributed by atoms with Crippen LogP contribution in [0.25, 0.3) is 0 Å². The molecule has 0 radical (unpaired) electrons. The Bertz CT molecular complexity index is 804. The van der Waals surface area contributed by atoms with Crippen molar-refractivity contribution in [3.63, 3.8) is 0 Å². The van der Waals surface area contributed by atoms with Crippen molar-refractivity contribution in [2.45, 2.75) is 25.8 Å². The molecule has 2 aromatic rings. The summed E-state index contributed by atoms with van der Waals surface area (Å²) in [5.41, 5.74) is 1.20. The molecule has 1 saturated heterocycles. The zero-order chi connectivity index (χ0) is 19.3. The number of nitrogens with one attached hydrogen (secondary N) is 1. The summed E-state index contributed by atoms with van der Waals surface area (Å²) in [4.78, 5) is 16.2. The minimum absolute atomic E-state index is 0.128. The molecule has 0 unspecified atom stereocenters. The predicted octanol–water partition coefficient (Wildman–Crippen LogP) is 3.85. The summed E-state index contributed by atoms with van der Waals surface area (Å²) in [5.74, 6) is 1.96. The van der Waals surface area contributed by atoms with Gasteiger partial charge in [0.25, 0.3) is 0 Å². The molecule has 28 heavy (non-hydrogen) atoms. The van der Waals surface area contributed by atoms with Crippen LogP contribution in [-0.4, -0.2) is 43.7 Å². The third-order valence-electron chi connectivity index (χ3n) is 5.31. The van der Waals surface area contributed by atoms with Gasteiger partial charge in [-0.2, -0.15) is 0 Å². The summed E-state index contributed by atoms with van der Waals surface area (Å²) in [7, 11) is 0. The molecule has 0 saturated carbocycles. The highest BCUT2D eigenvalue weighted by Crippen LogP contribution is 2.36. The number of carbonyl (C=O) groups excluding carboxylic acids is 1. The molecule has 0 atom stereocenters. The molecule has 150 valence electrons. The second-order valence-corrected chi connectivity index (χ2v) is 9.14. The summed E-state index contributed by atoms with van der Waals surface area (Å²) in [6.07, 6.45) is 2.74. The van der Waals surface area contributed by atoms with Crippen molar-refractivity contribution >= 4 is 33.2 Å². The maximum atomic E-state index is 12.4. The van der Waals surface area contributed by atoms with Gasteiger partial charge in [0, 0.05) is 28.4 Å². The highest BCUT2D eigenvalue weighted by atomic mass is 79.9. The predicted molar refractivity (Wildman–Crippen MR) is 114 cm³/mol. The fraction of sp³-hybridized carbons (Fsp3) is 0.476. The molecule has 2 aliphatic rings. The lowest BCUT2D eigenvalue weighted by Crippen LogP contribution is -2.40. The van der Waals surface area contributed by atoms with Crippen LogP contribution in [-0.2, 0) is 17.8 Å². The summed E-state index contributed by atoms with van der Waals surface area (Å²) >= 11 is 5.40. The molecule has 0 aliphatic carbocycles. The van der Waals surface area contributed by atoms with Crippen molar-refractivity contribution in [2.75, 3.05) is 32.8 Å². The number of ether oxygens (including phenoxy) is 2. The molecule has 0 spiro atoms. The Morgan fingerprint density at radius 2 is 1.96 bits per heavy atom. The van der Waals surface area contributed by atoms with Crippen LogP contribution in [0.4, 0.5) is 0 Å². The number of likely N-dealkylation sites (tertiary alicyclic amines) is 1. The summed E-state index contributed by atoms with van der Waals surface area (Å²) < 4.78 is 12.4. The lowest BCUT2D eigenvalue weighted by molar-refractivity contribution is -0.126. The summed E-state index contributed by atoms with van der Waals surface area (Å²) in [6.45, 7) is 4.64. The van der Waals surface area contributed by atoms with Crippen molar-refractivity contribution in [1.82, 2.24) is 10.2 Å². The number of halogens is 1. The van der Waals surface area contributed by atoms with Gasteiger partial charge >= 0.3 is 0 Å². The maximum absolute atomic E-state index is 12.4. The Morgan fingerprint density at radius 1 is 1.21 bits per heavy atom. The average molecular weight is 465 g/mol. The van der Waals surface area contributed by atoms with Gasteiger partial charge in [-0.1, -0.05) is 22.0 Å². The lowest BCUT2D eigenvalue weighted by atomic mass is 9.95. The van der Waals surface area contributed by atoms with Crippen LogP contribution in [0.5, 0.6) is 11.5 Å². The lowest BCUT2D eigenvalue weighted by Gasteiger charge is -2.32. The Kier molecular flexibility index (Phi) is 6.54. The van der Waals surface area contributed by atoms with E-state index in [9.17, 15) is 4.79 Å². The number of hydrogen-bond acceptors (Lipinski definition) is 5. The Labute approximate surface area is 178 Å². The molecule has 7 heteroatoms. The molecule has 1 amide bonds. The largest absolute Gasteiger partial charge is 0.486 e. The summed E-state index contributed by atoms with van der Waals surface area (Å²) in [6, 6.07) is 8.24. The van der Waals surface area contributed by atoms with Gasteiger partial charge in [0.15, 0.2) is 11.5 Å². The van der Waals surface area contributed by atoms with E-state index in [0.717, 1.165) is 61.4 Å². The van der Waals surface area contributed by atoms with Crippen LogP contribution in [0.2, 0.25) is 0 Å². The van der Waals surface area contributed by atoms with Gasteiger partial charge in [0.1, 0.15) is 13.2 Å². The van der Waals surface area contributed by atoms with Crippen molar-refractivity contribution in [1.29, 1.82) is 0 Å². The topological polar surface area (TPSA) is 50.8 Å². The van der Waals surface area contributed by atoms with E-state index in [1.165, 1.54) is 10.4 Å². The molecule has 1 N–H and O–H groups in total. The van der Waals surface area contributed by atoms with Gasteiger partial charge in [-0.3, -0.25) is 9.69 Å². The van der Waals surface area contributed by atoms with Gasteiger partial charge in [0.05, 0.1) is 0 Å². The molecule has 1 aromatic carbocycles. The van der Waals surface area contributed by atoms with Crippen LogP contribution in [0.1, 0.15) is 23.3 Å². The van der Waals surface area contributed by atoms with Gasteiger partial charge in [-0.15, -0.1) is 11.3 Å². The fourth-order valence-electron chi connectivity index (χ4n) is 3.73. The van der Waals surface area contributed by atoms with Crippen LogP contribution in [0.15, 0.2) is 34.1 Å². The highest BCUT2D eigenvalue weighted by molar-refractivity contribution is 9.10. The number of nitrogens with zero attached hydrogens (tertiary/aromatic N) is 1. The van der Waals surface area contributed by atoms with E-state index in [4.69, 9.17) is 9.47 Å². The van der Waals surface area contributed by atoms with Crippen molar-refractivity contribution < 1.29 is 14.3 Å². The Balaban J connectivity index is 1.24. The zero-order valence-electron chi connectivity index (χ0n) is 15.8. The first-order chi connectivity index (χ1) is 13.7.